The van der Waals surface area contributed by atoms with Gasteiger partial charge in [-0.05, 0) is 43.5 Å². The number of nitrogens with zero attached hydrogens (tertiary/aromatic N) is 1. The van der Waals surface area contributed by atoms with E-state index < -0.39 is 5.54 Å². The molecule has 29 heavy (non-hydrogen) atoms. The van der Waals surface area contributed by atoms with Crippen LogP contribution in [-0.2, 0) is 10.3 Å². The van der Waals surface area contributed by atoms with E-state index >= 15 is 0 Å². The summed E-state index contributed by atoms with van der Waals surface area (Å²) in [6, 6.07) is 12.5. The zero-order valence-corrected chi connectivity index (χ0v) is 17.2. The third-order valence-electron chi connectivity index (χ3n) is 5.84. The van der Waals surface area contributed by atoms with E-state index in [1.54, 1.807) is 36.2 Å². The molecule has 6 heteroatoms. The van der Waals surface area contributed by atoms with Gasteiger partial charge in [0.15, 0.2) is 17.3 Å². The third-order valence-corrected chi connectivity index (χ3v) is 6.17. The molecule has 0 N–H and O–H groups in total. The largest absolute Gasteiger partial charge is 0.490 e. The van der Waals surface area contributed by atoms with E-state index in [0.29, 0.717) is 53.7 Å². The van der Waals surface area contributed by atoms with Gasteiger partial charge < -0.3 is 14.4 Å². The van der Waals surface area contributed by atoms with Crippen LogP contribution in [0.1, 0.15) is 48.0 Å². The van der Waals surface area contributed by atoms with E-state index in [1.165, 1.54) is 0 Å². The number of amides is 1. The Hall–Kier alpha value is -2.53. The fourth-order valence-corrected chi connectivity index (χ4v) is 4.58. The number of halogens is 1. The second-order valence-electron chi connectivity index (χ2n) is 7.55. The molecule has 1 aliphatic heterocycles. The van der Waals surface area contributed by atoms with Crippen LogP contribution >= 0.6 is 11.6 Å². The number of ether oxygens (including phenoxy) is 2. The molecule has 0 radical (unpaired) electrons. The molecular formula is C23H24ClNO4. The first-order valence-electron chi connectivity index (χ1n) is 10.00. The van der Waals surface area contributed by atoms with Crippen LogP contribution in [0.4, 0.5) is 0 Å². The van der Waals surface area contributed by atoms with Gasteiger partial charge in [-0.2, -0.15) is 0 Å². The number of hydrogen-bond donors (Lipinski definition) is 0. The van der Waals surface area contributed by atoms with Crippen LogP contribution in [0.3, 0.4) is 0 Å². The molecule has 1 unspecified atom stereocenters. The van der Waals surface area contributed by atoms with E-state index in [4.69, 9.17) is 21.1 Å². The van der Waals surface area contributed by atoms with Crippen molar-refractivity contribution < 1.29 is 19.1 Å². The maximum atomic E-state index is 13.5. The smallest absolute Gasteiger partial charge is 0.254 e. The summed E-state index contributed by atoms with van der Waals surface area (Å²) in [4.78, 5) is 28.3. The molecule has 0 spiro atoms. The number of likely N-dealkylation sites (N-methyl/N-ethyl adjacent to an activating group) is 1. The van der Waals surface area contributed by atoms with Gasteiger partial charge in [0.1, 0.15) is 5.54 Å². The second kappa shape index (κ2) is 8.07. The molecule has 1 fully saturated rings. The Morgan fingerprint density at radius 3 is 2.55 bits per heavy atom. The van der Waals surface area contributed by atoms with Crippen molar-refractivity contribution in [1.29, 1.82) is 0 Å². The standard InChI is InChI=1S/C23H24ClNO4/c1-25(22(27)16-10-11-19-20(15-16)29-14-6-13-28-19)23(12-5-4-9-21(23)26)17-7-2-3-8-18(17)24/h2-3,7-8,10-11,15H,4-6,9,12-14H2,1H3. The van der Waals surface area contributed by atoms with Gasteiger partial charge in [0.2, 0.25) is 0 Å². The van der Waals surface area contributed by atoms with Gasteiger partial charge in [-0.1, -0.05) is 29.8 Å². The lowest BCUT2D eigenvalue weighted by Gasteiger charge is -2.44. The maximum absolute atomic E-state index is 13.5. The molecule has 1 saturated carbocycles. The molecular weight excluding hydrogens is 390 g/mol. The molecule has 1 aliphatic carbocycles. The van der Waals surface area contributed by atoms with Crippen molar-refractivity contribution in [2.75, 3.05) is 20.3 Å². The van der Waals surface area contributed by atoms with Crippen LogP contribution in [0.2, 0.25) is 5.02 Å². The summed E-state index contributed by atoms with van der Waals surface area (Å²) >= 11 is 6.49. The van der Waals surface area contributed by atoms with Crippen LogP contribution in [0.25, 0.3) is 0 Å². The average molecular weight is 414 g/mol. The van der Waals surface area contributed by atoms with Gasteiger partial charge in [-0.15, -0.1) is 0 Å². The number of hydrogen-bond acceptors (Lipinski definition) is 4. The first-order valence-corrected chi connectivity index (χ1v) is 10.4. The Morgan fingerprint density at radius 1 is 1.03 bits per heavy atom. The zero-order valence-electron chi connectivity index (χ0n) is 16.4. The first-order chi connectivity index (χ1) is 14.0. The summed E-state index contributed by atoms with van der Waals surface area (Å²) in [6.45, 7) is 1.13. The molecule has 1 amide bonds. The van der Waals surface area contributed by atoms with Crippen molar-refractivity contribution in [3.05, 3.63) is 58.6 Å². The van der Waals surface area contributed by atoms with Gasteiger partial charge in [0.05, 0.1) is 13.2 Å². The van der Waals surface area contributed by atoms with Crippen molar-refractivity contribution in [2.24, 2.45) is 0 Å². The van der Waals surface area contributed by atoms with Crippen molar-refractivity contribution >= 4 is 23.3 Å². The van der Waals surface area contributed by atoms with Gasteiger partial charge in [0, 0.05) is 36.0 Å². The fourth-order valence-electron chi connectivity index (χ4n) is 4.29. The number of ketones is 1. The van der Waals surface area contributed by atoms with Gasteiger partial charge in [-0.25, -0.2) is 0 Å². The number of rotatable bonds is 3. The molecule has 5 nitrogen and oxygen atoms in total. The minimum atomic E-state index is -1.06. The van der Waals surface area contributed by atoms with E-state index in [-0.39, 0.29) is 11.7 Å². The molecule has 0 aromatic heterocycles. The molecule has 0 bridgehead atoms. The molecule has 0 saturated heterocycles. The monoisotopic (exact) mass is 413 g/mol. The van der Waals surface area contributed by atoms with E-state index in [2.05, 4.69) is 0 Å². The molecule has 2 aliphatic rings. The first kappa shape index (κ1) is 19.8. The number of benzene rings is 2. The van der Waals surface area contributed by atoms with Crippen molar-refractivity contribution in [2.45, 2.75) is 37.6 Å². The predicted molar refractivity (Wildman–Crippen MR) is 111 cm³/mol. The molecule has 4 rings (SSSR count). The number of carbonyl (C=O) groups is 2. The summed E-state index contributed by atoms with van der Waals surface area (Å²) in [7, 11) is 1.69. The minimum Gasteiger partial charge on any atom is -0.490 e. The summed E-state index contributed by atoms with van der Waals surface area (Å²) in [6.07, 6.45) is 3.47. The Morgan fingerprint density at radius 2 is 1.79 bits per heavy atom. The number of carbonyl (C=O) groups excluding carboxylic acids is 2. The highest BCUT2D eigenvalue weighted by Gasteiger charge is 2.48. The topological polar surface area (TPSA) is 55.8 Å². The highest BCUT2D eigenvalue weighted by Crippen LogP contribution is 2.43. The SMILES string of the molecule is CN(C(=O)c1ccc2c(c1)OCCCO2)C1(c2ccccc2Cl)CCCCC1=O. The second-order valence-corrected chi connectivity index (χ2v) is 7.95. The van der Waals surface area contributed by atoms with Crippen LogP contribution in [0, 0.1) is 0 Å². The van der Waals surface area contributed by atoms with Crippen LogP contribution < -0.4 is 9.47 Å². The van der Waals surface area contributed by atoms with Gasteiger partial charge in [0.25, 0.3) is 5.91 Å². The summed E-state index contributed by atoms with van der Waals surface area (Å²) in [5.74, 6) is 0.984. The number of fused-ring (bicyclic) bond motifs is 1. The molecule has 2 aromatic rings. The zero-order chi connectivity index (χ0) is 20.4. The summed E-state index contributed by atoms with van der Waals surface area (Å²) < 4.78 is 11.4. The highest BCUT2D eigenvalue weighted by atomic mass is 35.5. The summed E-state index contributed by atoms with van der Waals surface area (Å²) in [5, 5.41) is 0.501. The highest BCUT2D eigenvalue weighted by molar-refractivity contribution is 6.31. The lowest BCUT2D eigenvalue weighted by atomic mass is 9.74. The van der Waals surface area contributed by atoms with Gasteiger partial charge in [-0.3, -0.25) is 9.59 Å². The molecule has 2 aromatic carbocycles. The minimum absolute atomic E-state index is 0.0297. The molecule has 1 heterocycles. The Kier molecular flexibility index (Phi) is 5.50. The quantitative estimate of drug-likeness (QED) is 0.737. The molecule has 1 atom stereocenters. The Labute approximate surface area is 175 Å². The number of Topliss-reactive ketones (excluding diaryl/α,β-unsaturated/α-hetero) is 1. The third kappa shape index (κ3) is 3.48. The normalized spacial score (nSPS) is 21.4. The Bertz CT molecular complexity index is 944. The summed E-state index contributed by atoms with van der Waals surface area (Å²) in [5.41, 5.74) is 0.0933. The fraction of sp³-hybridized carbons (Fsp3) is 0.391. The lowest BCUT2D eigenvalue weighted by molar-refractivity contribution is -0.132. The Balaban J connectivity index is 1.74. The van der Waals surface area contributed by atoms with Crippen molar-refractivity contribution in [1.82, 2.24) is 4.90 Å². The molecule has 152 valence electrons. The average Bonchev–Trinajstić information content (AvgIpc) is 2.98. The van der Waals surface area contributed by atoms with Crippen LogP contribution in [-0.4, -0.2) is 36.9 Å². The van der Waals surface area contributed by atoms with E-state index in [1.807, 2.05) is 18.2 Å². The lowest BCUT2D eigenvalue weighted by Crippen LogP contribution is -2.54. The van der Waals surface area contributed by atoms with Crippen LogP contribution in [0.15, 0.2) is 42.5 Å². The van der Waals surface area contributed by atoms with E-state index in [9.17, 15) is 9.59 Å². The van der Waals surface area contributed by atoms with Crippen LogP contribution in [0.5, 0.6) is 11.5 Å². The van der Waals surface area contributed by atoms with Gasteiger partial charge >= 0.3 is 0 Å². The van der Waals surface area contributed by atoms with Crippen molar-refractivity contribution in [3.63, 3.8) is 0 Å². The maximum Gasteiger partial charge on any atom is 0.254 e. The van der Waals surface area contributed by atoms with E-state index in [0.717, 1.165) is 19.3 Å². The predicted octanol–water partition coefficient (Wildman–Crippen LogP) is 4.61. The van der Waals surface area contributed by atoms with Crippen molar-refractivity contribution in [3.8, 4) is 11.5 Å².